The Morgan fingerprint density at radius 2 is 0.887 bits per heavy atom. The van der Waals surface area contributed by atoms with Crippen LogP contribution in [-0.2, 0) is 32.7 Å². The van der Waals surface area contributed by atoms with E-state index in [9.17, 15) is 34.1 Å². The Kier molecular flexibility index (Phi) is 42.7. The van der Waals surface area contributed by atoms with Gasteiger partial charge in [0.1, 0.15) is 12.7 Å². The Hall–Kier alpha value is -2.82. The van der Waals surface area contributed by atoms with Crippen LogP contribution in [0.4, 0.5) is 0 Å². The van der Waals surface area contributed by atoms with Crippen LogP contribution in [0.5, 0.6) is 0 Å². The summed E-state index contributed by atoms with van der Waals surface area (Å²) >= 11 is 0. The Morgan fingerprint density at radius 3 is 1.39 bits per heavy atom. The number of carbonyl (C=O) groups is 3. The zero-order valence-electron chi connectivity index (χ0n) is 38.9. The van der Waals surface area contributed by atoms with E-state index in [0.717, 1.165) is 57.8 Å². The topological polar surface area (TPSA) is 169 Å². The maximum absolute atomic E-state index is 12.3. The number of nitrogens with one attached hydrogen (secondary N) is 1. The number of aliphatic hydroxyl groups is 1. The molecule has 0 aromatic rings. The smallest absolute Gasteiger partial charge is 0.472 e. The van der Waals surface area contributed by atoms with Crippen LogP contribution in [0.1, 0.15) is 206 Å². The lowest BCUT2D eigenvalue weighted by molar-refractivity contribution is -0.147. The average Bonchev–Trinajstić information content (AvgIpc) is 3.25. The Labute approximate surface area is 376 Å². The second-order valence-corrected chi connectivity index (χ2v) is 17.7. The van der Waals surface area contributed by atoms with Crippen LogP contribution in [0, 0.1) is 0 Å². The first-order valence-electron chi connectivity index (χ1n) is 24.3. The number of unbranched alkanes of at least 4 members (excludes halogenated alkanes) is 21. The van der Waals surface area contributed by atoms with Gasteiger partial charge in [0, 0.05) is 12.8 Å². The van der Waals surface area contributed by atoms with Crippen molar-refractivity contribution in [3.05, 3.63) is 60.8 Å². The molecule has 3 unspecified atom stereocenters. The van der Waals surface area contributed by atoms with Crippen molar-refractivity contribution in [2.24, 2.45) is 0 Å². The number of phosphoric acid groups is 1. The number of carbonyl (C=O) groups excluding carboxylic acids is 2. The molecule has 0 radical (unpaired) electrons. The summed E-state index contributed by atoms with van der Waals surface area (Å²) in [5.41, 5.74) is 0. The molecule has 3 atom stereocenters. The van der Waals surface area contributed by atoms with Crippen LogP contribution in [0.15, 0.2) is 60.8 Å². The number of carboxylic acid groups (broad SMARTS) is 1. The first kappa shape index (κ1) is 59.2. The summed E-state index contributed by atoms with van der Waals surface area (Å²) in [6, 6.07) is -1.55. The second kappa shape index (κ2) is 44.8. The molecule has 12 heteroatoms. The third kappa shape index (κ3) is 43.8. The van der Waals surface area contributed by atoms with E-state index < -0.39 is 57.6 Å². The number of phosphoric ester groups is 1. The molecule has 0 rings (SSSR count). The molecule has 0 saturated carbocycles. The Balaban J connectivity index is 3.91. The standard InChI is InChI=1S/C50H88NO10P/c1-3-5-7-9-11-13-15-17-19-21-23-25-27-29-31-33-35-37-39-41-48(53)51-47(50(55)56)45-61-62(57,58)60-44-46(52)43-59-49(54)42-40-38-36-34-32-30-28-26-24-22-20-18-16-14-12-10-8-6-4-2/h12,14,17-20,24,26,30,32,46-47,52H,3-11,13,15-16,21-23,25,27-29,31,33-45H2,1-2H3,(H,51,53)(H,55,56)(H,57,58)/b14-12-,19-17+,20-18-,26-24-,32-30-. The normalized spacial score (nSPS) is 14.1. The van der Waals surface area contributed by atoms with E-state index in [4.69, 9.17) is 13.8 Å². The Morgan fingerprint density at radius 1 is 0.516 bits per heavy atom. The fourth-order valence-corrected chi connectivity index (χ4v) is 7.24. The van der Waals surface area contributed by atoms with Crippen molar-refractivity contribution in [1.29, 1.82) is 0 Å². The van der Waals surface area contributed by atoms with Crippen LogP contribution < -0.4 is 5.32 Å². The van der Waals surface area contributed by atoms with Crippen molar-refractivity contribution >= 4 is 25.7 Å². The number of amides is 1. The molecule has 0 spiro atoms. The number of hydrogen-bond donors (Lipinski definition) is 4. The lowest BCUT2D eigenvalue weighted by Crippen LogP contribution is -2.43. The number of aliphatic hydroxyl groups excluding tert-OH is 1. The zero-order chi connectivity index (χ0) is 45.6. The van der Waals surface area contributed by atoms with Crippen molar-refractivity contribution in [3.63, 3.8) is 0 Å². The molecule has 0 bridgehead atoms. The van der Waals surface area contributed by atoms with Crippen LogP contribution in [-0.4, -0.2) is 64.9 Å². The molecule has 0 saturated heterocycles. The average molecular weight is 894 g/mol. The number of esters is 1. The number of carboxylic acids is 1. The van der Waals surface area contributed by atoms with Gasteiger partial charge in [-0.15, -0.1) is 0 Å². The van der Waals surface area contributed by atoms with Crippen LogP contribution in [0.25, 0.3) is 0 Å². The van der Waals surface area contributed by atoms with Gasteiger partial charge in [0.05, 0.1) is 13.2 Å². The van der Waals surface area contributed by atoms with Gasteiger partial charge in [0.15, 0.2) is 6.04 Å². The van der Waals surface area contributed by atoms with Gasteiger partial charge in [0.25, 0.3) is 0 Å². The molecule has 0 aliphatic heterocycles. The number of allylic oxidation sites excluding steroid dienone is 10. The Bertz CT molecular complexity index is 1280. The van der Waals surface area contributed by atoms with E-state index in [1.165, 1.54) is 109 Å². The van der Waals surface area contributed by atoms with E-state index in [1.54, 1.807) is 0 Å². The molecule has 11 nitrogen and oxygen atoms in total. The van der Waals surface area contributed by atoms with Crippen LogP contribution in [0.3, 0.4) is 0 Å². The third-order valence-corrected chi connectivity index (χ3v) is 11.2. The van der Waals surface area contributed by atoms with Crippen molar-refractivity contribution in [2.45, 2.75) is 219 Å². The maximum atomic E-state index is 12.3. The van der Waals surface area contributed by atoms with Crippen LogP contribution in [0.2, 0.25) is 0 Å². The molecule has 0 aliphatic carbocycles. The number of aliphatic carboxylic acids is 1. The fourth-order valence-electron chi connectivity index (χ4n) is 6.47. The van der Waals surface area contributed by atoms with Gasteiger partial charge in [-0.25, -0.2) is 9.36 Å². The lowest BCUT2D eigenvalue weighted by atomic mass is 10.1. The van der Waals surface area contributed by atoms with E-state index in [0.29, 0.717) is 12.8 Å². The SMILES string of the molecule is CCCCC/C=C\C/C=C\C/C=C\C/C=C\CCCCCC(=O)OCC(O)COP(=O)(O)OCC(NC(=O)CCCCCCCCCCC/C=C/CCCCCCCC)C(=O)O. The molecule has 0 aromatic heterocycles. The third-order valence-electron chi connectivity index (χ3n) is 10.3. The minimum atomic E-state index is -4.77. The van der Waals surface area contributed by atoms with Crippen LogP contribution >= 0.6 is 7.82 Å². The number of ether oxygens (including phenoxy) is 1. The summed E-state index contributed by atoms with van der Waals surface area (Å²) < 4.78 is 26.9. The first-order valence-corrected chi connectivity index (χ1v) is 25.8. The highest BCUT2D eigenvalue weighted by Crippen LogP contribution is 2.43. The fraction of sp³-hybridized carbons (Fsp3) is 0.740. The van der Waals surface area contributed by atoms with E-state index >= 15 is 0 Å². The van der Waals surface area contributed by atoms with E-state index in [1.807, 2.05) is 0 Å². The number of rotatable bonds is 45. The van der Waals surface area contributed by atoms with E-state index in [-0.39, 0.29) is 12.8 Å². The summed E-state index contributed by atoms with van der Waals surface area (Å²) in [5.74, 6) is -2.41. The maximum Gasteiger partial charge on any atom is 0.472 e. The van der Waals surface area contributed by atoms with Gasteiger partial charge in [-0.3, -0.25) is 18.6 Å². The highest BCUT2D eigenvalue weighted by Gasteiger charge is 2.28. The number of hydrogen-bond acceptors (Lipinski definition) is 8. The summed E-state index contributed by atoms with van der Waals surface area (Å²) in [6.07, 6.45) is 52.4. The van der Waals surface area contributed by atoms with Gasteiger partial charge >= 0.3 is 19.8 Å². The quantitative estimate of drug-likeness (QED) is 0.0200. The predicted octanol–water partition coefficient (Wildman–Crippen LogP) is 13.1. The second-order valence-electron chi connectivity index (χ2n) is 16.3. The van der Waals surface area contributed by atoms with Crippen molar-refractivity contribution in [1.82, 2.24) is 5.32 Å². The summed E-state index contributed by atoms with van der Waals surface area (Å²) in [7, 11) is -4.77. The molecule has 0 fully saturated rings. The zero-order valence-corrected chi connectivity index (χ0v) is 39.8. The van der Waals surface area contributed by atoms with E-state index in [2.05, 4.69) is 79.9 Å². The highest BCUT2D eigenvalue weighted by molar-refractivity contribution is 7.47. The molecule has 62 heavy (non-hydrogen) atoms. The summed E-state index contributed by atoms with van der Waals surface area (Å²) in [5, 5.41) is 21.9. The largest absolute Gasteiger partial charge is 0.480 e. The molecule has 4 N–H and O–H groups in total. The minimum absolute atomic E-state index is 0.139. The molecule has 0 aliphatic rings. The monoisotopic (exact) mass is 894 g/mol. The van der Waals surface area contributed by atoms with Gasteiger partial charge in [-0.1, -0.05) is 171 Å². The first-order chi connectivity index (χ1) is 30.1. The lowest BCUT2D eigenvalue weighted by Gasteiger charge is -2.18. The predicted molar refractivity (Wildman–Crippen MR) is 254 cm³/mol. The van der Waals surface area contributed by atoms with Gasteiger partial charge < -0.3 is 25.2 Å². The molecule has 1 amide bonds. The molecule has 0 heterocycles. The summed E-state index contributed by atoms with van der Waals surface area (Å²) in [6.45, 7) is 2.54. The van der Waals surface area contributed by atoms with Crippen molar-refractivity contribution < 1.29 is 47.8 Å². The molecular formula is C50H88NO10P. The van der Waals surface area contributed by atoms with Gasteiger partial charge in [-0.2, -0.15) is 0 Å². The highest BCUT2D eigenvalue weighted by atomic mass is 31.2. The van der Waals surface area contributed by atoms with Gasteiger partial charge in [0.2, 0.25) is 5.91 Å². The van der Waals surface area contributed by atoms with Crippen molar-refractivity contribution in [3.8, 4) is 0 Å². The minimum Gasteiger partial charge on any atom is -0.480 e. The van der Waals surface area contributed by atoms with Crippen molar-refractivity contribution in [2.75, 3.05) is 19.8 Å². The molecule has 0 aromatic carbocycles. The molecule has 358 valence electrons. The summed E-state index contributed by atoms with van der Waals surface area (Å²) in [4.78, 5) is 46.0. The van der Waals surface area contributed by atoms with Gasteiger partial charge in [-0.05, 0) is 83.5 Å². The molecular weight excluding hydrogens is 806 g/mol.